The van der Waals surface area contributed by atoms with Crippen molar-refractivity contribution < 1.29 is 14.3 Å². The summed E-state index contributed by atoms with van der Waals surface area (Å²) in [7, 11) is 0. The standard InChI is InChI=1S/C17H16BrClN2O3/c1-2-23-15-6-7-16(18)12(8-15)10-20-21-17(22)11-24-14-5-3-4-13(19)9-14/h3-10H,2,11H2,1H3,(H,21,22)/b20-10-. The van der Waals surface area contributed by atoms with E-state index in [1.807, 2.05) is 25.1 Å². The van der Waals surface area contributed by atoms with Crippen molar-refractivity contribution >= 4 is 39.7 Å². The maximum atomic E-state index is 11.7. The van der Waals surface area contributed by atoms with E-state index in [1.165, 1.54) is 6.21 Å². The molecular weight excluding hydrogens is 396 g/mol. The summed E-state index contributed by atoms with van der Waals surface area (Å²) < 4.78 is 11.6. The molecule has 7 heteroatoms. The Kier molecular flexibility index (Phi) is 7.08. The van der Waals surface area contributed by atoms with E-state index in [0.717, 1.165) is 15.8 Å². The maximum absolute atomic E-state index is 11.7. The third-order valence-corrected chi connectivity index (χ3v) is 3.79. The predicted molar refractivity (Wildman–Crippen MR) is 98.0 cm³/mol. The molecule has 0 aliphatic rings. The van der Waals surface area contributed by atoms with Gasteiger partial charge < -0.3 is 9.47 Å². The largest absolute Gasteiger partial charge is 0.494 e. The van der Waals surface area contributed by atoms with Crippen LogP contribution in [0.2, 0.25) is 5.02 Å². The second-order valence-electron chi connectivity index (χ2n) is 4.66. The van der Waals surface area contributed by atoms with Gasteiger partial charge in [-0.3, -0.25) is 4.79 Å². The SMILES string of the molecule is CCOc1ccc(Br)c(/C=N\NC(=O)COc2cccc(Cl)c2)c1. The number of nitrogens with zero attached hydrogens (tertiary/aromatic N) is 1. The number of benzene rings is 2. The molecule has 0 aliphatic heterocycles. The maximum Gasteiger partial charge on any atom is 0.277 e. The molecule has 0 aromatic heterocycles. The van der Waals surface area contributed by atoms with Crippen molar-refractivity contribution in [3.63, 3.8) is 0 Å². The molecule has 0 atom stereocenters. The molecule has 24 heavy (non-hydrogen) atoms. The minimum Gasteiger partial charge on any atom is -0.494 e. The number of hydrogen-bond acceptors (Lipinski definition) is 4. The van der Waals surface area contributed by atoms with E-state index in [-0.39, 0.29) is 12.5 Å². The minimum atomic E-state index is -0.372. The minimum absolute atomic E-state index is 0.155. The Bertz CT molecular complexity index is 738. The summed E-state index contributed by atoms with van der Waals surface area (Å²) in [4.78, 5) is 11.7. The summed E-state index contributed by atoms with van der Waals surface area (Å²) in [6, 6.07) is 12.4. The fraction of sp³-hybridized carbons (Fsp3) is 0.176. The quantitative estimate of drug-likeness (QED) is 0.553. The van der Waals surface area contributed by atoms with Crippen LogP contribution in [0.15, 0.2) is 52.0 Å². The molecule has 0 radical (unpaired) electrons. The fourth-order valence-corrected chi connectivity index (χ4v) is 2.32. The van der Waals surface area contributed by atoms with E-state index in [1.54, 1.807) is 24.3 Å². The molecule has 0 unspecified atom stereocenters. The number of amides is 1. The first-order chi connectivity index (χ1) is 11.6. The van der Waals surface area contributed by atoms with Crippen molar-refractivity contribution in [2.45, 2.75) is 6.92 Å². The third-order valence-electron chi connectivity index (χ3n) is 2.84. The topological polar surface area (TPSA) is 59.9 Å². The first-order valence-electron chi connectivity index (χ1n) is 7.21. The molecule has 1 N–H and O–H groups in total. The van der Waals surface area contributed by atoms with Crippen molar-refractivity contribution in [3.05, 3.63) is 57.5 Å². The van der Waals surface area contributed by atoms with E-state index >= 15 is 0 Å². The molecule has 0 saturated heterocycles. The molecule has 5 nitrogen and oxygen atoms in total. The Morgan fingerprint density at radius 1 is 1.25 bits per heavy atom. The average Bonchev–Trinajstić information content (AvgIpc) is 2.56. The van der Waals surface area contributed by atoms with Gasteiger partial charge in [0.1, 0.15) is 11.5 Å². The smallest absolute Gasteiger partial charge is 0.277 e. The van der Waals surface area contributed by atoms with Crippen LogP contribution < -0.4 is 14.9 Å². The highest BCUT2D eigenvalue weighted by Crippen LogP contribution is 2.21. The van der Waals surface area contributed by atoms with Gasteiger partial charge in [0.25, 0.3) is 5.91 Å². The highest BCUT2D eigenvalue weighted by molar-refractivity contribution is 9.10. The molecule has 126 valence electrons. The molecule has 2 aromatic rings. The molecule has 2 aromatic carbocycles. The van der Waals surface area contributed by atoms with Crippen molar-refractivity contribution in [3.8, 4) is 11.5 Å². The van der Waals surface area contributed by atoms with Gasteiger partial charge in [-0.15, -0.1) is 0 Å². The van der Waals surface area contributed by atoms with E-state index in [9.17, 15) is 4.79 Å². The molecule has 0 aliphatic carbocycles. The lowest BCUT2D eigenvalue weighted by Gasteiger charge is -2.06. The Balaban J connectivity index is 1.87. The van der Waals surface area contributed by atoms with Gasteiger partial charge in [-0.05, 0) is 43.3 Å². The van der Waals surface area contributed by atoms with Crippen LogP contribution in [-0.4, -0.2) is 25.3 Å². The Labute approximate surface area is 153 Å². The van der Waals surface area contributed by atoms with Gasteiger partial charge in [-0.2, -0.15) is 5.10 Å². The lowest BCUT2D eigenvalue weighted by Crippen LogP contribution is -2.24. The van der Waals surface area contributed by atoms with Gasteiger partial charge >= 0.3 is 0 Å². The number of hydrogen-bond donors (Lipinski definition) is 1. The number of ether oxygens (including phenoxy) is 2. The van der Waals surface area contributed by atoms with E-state index < -0.39 is 0 Å². The van der Waals surface area contributed by atoms with Crippen LogP contribution in [0, 0.1) is 0 Å². The predicted octanol–water partition coefficient (Wildman–Crippen LogP) is 4.03. The van der Waals surface area contributed by atoms with Crippen molar-refractivity contribution in [2.24, 2.45) is 5.10 Å². The average molecular weight is 412 g/mol. The summed E-state index contributed by atoms with van der Waals surface area (Å²) in [5, 5.41) is 4.46. The van der Waals surface area contributed by atoms with E-state index in [0.29, 0.717) is 17.4 Å². The second-order valence-corrected chi connectivity index (χ2v) is 5.95. The second kappa shape index (κ2) is 9.30. The lowest BCUT2D eigenvalue weighted by molar-refractivity contribution is -0.123. The van der Waals surface area contributed by atoms with Crippen LogP contribution in [0.3, 0.4) is 0 Å². The van der Waals surface area contributed by atoms with Crippen LogP contribution >= 0.6 is 27.5 Å². The van der Waals surface area contributed by atoms with Gasteiger partial charge in [0.2, 0.25) is 0 Å². The highest BCUT2D eigenvalue weighted by Gasteiger charge is 2.03. The number of halogens is 2. The van der Waals surface area contributed by atoms with Gasteiger partial charge in [0.15, 0.2) is 6.61 Å². The number of carbonyl (C=O) groups is 1. The summed E-state index contributed by atoms with van der Waals surface area (Å²) in [5.41, 5.74) is 3.19. The van der Waals surface area contributed by atoms with Crippen LogP contribution in [-0.2, 0) is 4.79 Å². The first-order valence-corrected chi connectivity index (χ1v) is 8.38. The van der Waals surface area contributed by atoms with Gasteiger partial charge in [0.05, 0.1) is 12.8 Å². The van der Waals surface area contributed by atoms with Crippen molar-refractivity contribution in [1.29, 1.82) is 0 Å². The Hall–Kier alpha value is -2.05. The summed E-state index contributed by atoms with van der Waals surface area (Å²) in [6.45, 7) is 2.34. The summed E-state index contributed by atoms with van der Waals surface area (Å²) in [6.07, 6.45) is 1.53. The zero-order valence-corrected chi connectivity index (χ0v) is 15.3. The summed E-state index contributed by atoms with van der Waals surface area (Å²) in [5.74, 6) is 0.884. The van der Waals surface area contributed by atoms with E-state index in [2.05, 4.69) is 26.5 Å². The van der Waals surface area contributed by atoms with Crippen LogP contribution in [0.4, 0.5) is 0 Å². The summed E-state index contributed by atoms with van der Waals surface area (Å²) >= 11 is 9.26. The monoisotopic (exact) mass is 410 g/mol. The molecule has 0 saturated carbocycles. The molecule has 1 amide bonds. The molecular formula is C17H16BrClN2O3. The molecule has 0 spiro atoms. The highest BCUT2D eigenvalue weighted by atomic mass is 79.9. The van der Waals surface area contributed by atoms with Crippen molar-refractivity contribution in [1.82, 2.24) is 5.43 Å². The van der Waals surface area contributed by atoms with Gasteiger partial charge in [-0.1, -0.05) is 33.6 Å². The van der Waals surface area contributed by atoms with Crippen LogP contribution in [0.5, 0.6) is 11.5 Å². The molecule has 0 fully saturated rings. The fourth-order valence-electron chi connectivity index (χ4n) is 1.79. The lowest BCUT2D eigenvalue weighted by atomic mass is 10.2. The molecule has 2 rings (SSSR count). The number of rotatable bonds is 7. The number of nitrogens with one attached hydrogen (secondary N) is 1. The first kappa shape index (κ1) is 18.3. The zero-order valence-electron chi connectivity index (χ0n) is 13.0. The molecule has 0 bridgehead atoms. The van der Waals surface area contributed by atoms with Gasteiger partial charge in [0, 0.05) is 15.1 Å². The zero-order chi connectivity index (χ0) is 17.4. The number of carbonyl (C=O) groups excluding carboxylic acids is 1. The van der Waals surface area contributed by atoms with E-state index in [4.69, 9.17) is 21.1 Å². The Morgan fingerprint density at radius 2 is 2.04 bits per heavy atom. The van der Waals surface area contributed by atoms with Gasteiger partial charge in [-0.25, -0.2) is 5.43 Å². The van der Waals surface area contributed by atoms with Crippen LogP contribution in [0.25, 0.3) is 0 Å². The third kappa shape index (κ3) is 5.86. The molecule has 0 heterocycles. The Morgan fingerprint density at radius 3 is 2.79 bits per heavy atom. The normalized spacial score (nSPS) is 10.6. The van der Waals surface area contributed by atoms with Crippen molar-refractivity contribution in [2.75, 3.05) is 13.2 Å². The number of hydrazone groups is 1. The van der Waals surface area contributed by atoms with Crippen LogP contribution in [0.1, 0.15) is 12.5 Å².